The molecule has 3 fully saturated rings. The van der Waals surface area contributed by atoms with Crippen molar-refractivity contribution in [1.29, 1.82) is 0 Å². The Morgan fingerprint density at radius 1 is 0.735 bits per heavy atom. The van der Waals surface area contributed by atoms with Gasteiger partial charge in [0.2, 0.25) is 11.6 Å². The topological polar surface area (TPSA) is 27.7 Å². The lowest BCUT2D eigenvalue weighted by Gasteiger charge is -2.41. The summed E-state index contributed by atoms with van der Waals surface area (Å²) in [4.78, 5) is 0. The molecule has 0 aromatic heterocycles. The van der Waals surface area contributed by atoms with Crippen LogP contribution in [0.15, 0.2) is 12.1 Å². The van der Waals surface area contributed by atoms with Crippen LogP contribution < -0.4 is 9.47 Å². The number of hydrogen-bond acceptors (Lipinski definition) is 3. The highest BCUT2D eigenvalue weighted by molar-refractivity contribution is 5.35. The molecule has 2 unspecified atom stereocenters. The molecule has 2 atom stereocenters. The third-order valence-electron chi connectivity index (χ3n) is 8.84. The van der Waals surface area contributed by atoms with Gasteiger partial charge in [0, 0.05) is 0 Å². The zero-order valence-electron chi connectivity index (χ0n) is 21.2. The lowest BCUT2D eigenvalue weighted by Crippen LogP contribution is -2.34. The Morgan fingerprint density at radius 3 is 1.79 bits per heavy atom. The molecule has 1 aromatic carbocycles. The van der Waals surface area contributed by atoms with Crippen molar-refractivity contribution in [2.24, 2.45) is 29.6 Å². The normalized spacial score (nSPS) is 32.4. The fraction of sp³-hybridized carbons (Fsp3) is 0.793. The molecular formula is C29H44F2O3. The van der Waals surface area contributed by atoms with Gasteiger partial charge in [0.25, 0.3) is 0 Å². The molecular weight excluding hydrogens is 434 g/mol. The van der Waals surface area contributed by atoms with Crippen molar-refractivity contribution in [2.45, 2.75) is 97.0 Å². The standard InChI is InChI=1S/C29H44F2O3/c1-3-5-25-15-14-24(19-33-25)23-12-10-22(11-13-23)21-8-6-20(7-9-21)18-34-27-17-16-26(32-4-2)28(30)29(27)31/h16-17,20-25H,3-15,18-19H2,1-2H3. The largest absolute Gasteiger partial charge is 0.491 e. The van der Waals surface area contributed by atoms with Crippen molar-refractivity contribution >= 4 is 0 Å². The van der Waals surface area contributed by atoms with Gasteiger partial charge >= 0.3 is 0 Å². The highest BCUT2D eigenvalue weighted by Crippen LogP contribution is 2.44. The summed E-state index contributed by atoms with van der Waals surface area (Å²) in [6.45, 7) is 5.75. The molecule has 1 heterocycles. The first-order chi connectivity index (χ1) is 16.6. The molecule has 0 bridgehead atoms. The molecule has 0 N–H and O–H groups in total. The second-order valence-corrected chi connectivity index (χ2v) is 11.0. The zero-order chi connectivity index (χ0) is 23.9. The van der Waals surface area contributed by atoms with Gasteiger partial charge in [-0.1, -0.05) is 13.3 Å². The van der Waals surface area contributed by atoms with E-state index in [0.29, 0.717) is 25.2 Å². The summed E-state index contributed by atoms with van der Waals surface area (Å²) in [6.07, 6.45) is 15.8. The maximum Gasteiger partial charge on any atom is 0.204 e. The lowest BCUT2D eigenvalue weighted by atomic mass is 9.67. The van der Waals surface area contributed by atoms with Crippen LogP contribution in [0.1, 0.15) is 90.9 Å². The van der Waals surface area contributed by atoms with E-state index < -0.39 is 11.6 Å². The van der Waals surface area contributed by atoms with E-state index in [1.807, 2.05) is 0 Å². The van der Waals surface area contributed by atoms with Gasteiger partial charge in [-0.05, 0) is 119 Å². The molecule has 5 heteroatoms. The van der Waals surface area contributed by atoms with E-state index in [1.54, 1.807) is 6.92 Å². The number of halogens is 2. The Kier molecular flexibility index (Phi) is 9.50. The minimum absolute atomic E-state index is 0.00546. The van der Waals surface area contributed by atoms with E-state index in [0.717, 1.165) is 43.1 Å². The molecule has 34 heavy (non-hydrogen) atoms. The second kappa shape index (κ2) is 12.6. The summed E-state index contributed by atoms with van der Waals surface area (Å²) in [5, 5.41) is 0. The van der Waals surface area contributed by atoms with Gasteiger partial charge in [0.15, 0.2) is 11.5 Å². The maximum atomic E-state index is 14.3. The molecule has 0 radical (unpaired) electrons. The molecule has 3 nitrogen and oxygen atoms in total. The molecule has 2 saturated carbocycles. The van der Waals surface area contributed by atoms with Gasteiger partial charge in [-0.2, -0.15) is 8.78 Å². The Bertz CT molecular complexity index is 746. The highest BCUT2D eigenvalue weighted by Gasteiger charge is 2.35. The molecule has 1 aliphatic heterocycles. The SMILES string of the molecule is CCCC1CCC(C2CCC(C3CCC(COc4ccc(OCC)c(F)c4F)CC3)CC2)CO1. The lowest BCUT2D eigenvalue weighted by molar-refractivity contribution is -0.0438. The third-order valence-corrected chi connectivity index (χ3v) is 8.84. The van der Waals surface area contributed by atoms with E-state index >= 15 is 0 Å². The van der Waals surface area contributed by atoms with Crippen LogP contribution in [-0.2, 0) is 4.74 Å². The van der Waals surface area contributed by atoms with Gasteiger partial charge in [0.1, 0.15) is 0 Å². The fourth-order valence-electron chi connectivity index (χ4n) is 6.76. The molecule has 4 rings (SSSR count). The van der Waals surface area contributed by atoms with Crippen molar-refractivity contribution in [3.8, 4) is 11.5 Å². The monoisotopic (exact) mass is 478 g/mol. The second-order valence-electron chi connectivity index (χ2n) is 11.0. The molecule has 1 aromatic rings. The van der Waals surface area contributed by atoms with Gasteiger partial charge in [0.05, 0.1) is 25.9 Å². The Labute approximate surface area is 204 Å². The minimum Gasteiger partial charge on any atom is -0.491 e. The van der Waals surface area contributed by atoms with E-state index in [2.05, 4.69) is 6.92 Å². The minimum atomic E-state index is -0.959. The van der Waals surface area contributed by atoms with Crippen molar-refractivity contribution in [3.05, 3.63) is 23.8 Å². The van der Waals surface area contributed by atoms with Crippen molar-refractivity contribution in [2.75, 3.05) is 19.8 Å². The van der Waals surface area contributed by atoms with Crippen molar-refractivity contribution in [1.82, 2.24) is 0 Å². The molecule has 1 saturated heterocycles. The summed E-state index contributed by atoms with van der Waals surface area (Å²) in [6, 6.07) is 2.93. The number of hydrogen-bond donors (Lipinski definition) is 0. The van der Waals surface area contributed by atoms with Gasteiger partial charge in [-0.3, -0.25) is 0 Å². The van der Waals surface area contributed by atoms with E-state index in [-0.39, 0.29) is 11.5 Å². The first-order valence-electron chi connectivity index (χ1n) is 13.9. The first kappa shape index (κ1) is 25.7. The molecule has 0 amide bonds. The quantitative estimate of drug-likeness (QED) is 0.360. The highest BCUT2D eigenvalue weighted by atomic mass is 19.2. The maximum absolute atomic E-state index is 14.3. The Hall–Kier alpha value is -1.36. The van der Waals surface area contributed by atoms with Gasteiger partial charge in [-0.25, -0.2) is 0 Å². The van der Waals surface area contributed by atoms with Crippen molar-refractivity contribution < 1.29 is 23.0 Å². The average Bonchev–Trinajstić information content (AvgIpc) is 2.88. The number of ether oxygens (including phenoxy) is 3. The molecule has 0 spiro atoms. The van der Waals surface area contributed by atoms with Gasteiger partial charge in [-0.15, -0.1) is 0 Å². The fourth-order valence-corrected chi connectivity index (χ4v) is 6.76. The van der Waals surface area contributed by atoms with Crippen LogP contribution in [0.5, 0.6) is 11.5 Å². The Balaban J connectivity index is 1.16. The Morgan fingerprint density at radius 2 is 1.26 bits per heavy atom. The third kappa shape index (κ3) is 6.44. The van der Waals surface area contributed by atoms with E-state index in [9.17, 15) is 8.78 Å². The number of rotatable bonds is 9. The summed E-state index contributed by atoms with van der Waals surface area (Å²) >= 11 is 0. The smallest absolute Gasteiger partial charge is 0.204 e. The van der Waals surface area contributed by atoms with E-state index in [1.165, 1.54) is 76.3 Å². The molecule has 3 aliphatic rings. The van der Waals surface area contributed by atoms with Gasteiger partial charge < -0.3 is 14.2 Å². The summed E-state index contributed by atoms with van der Waals surface area (Å²) in [5.41, 5.74) is 0. The predicted octanol–water partition coefficient (Wildman–Crippen LogP) is 7.95. The van der Waals surface area contributed by atoms with Crippen molar-refractivity contribution in [3.63, 3.8) is 0 Å². The average molecular weight is 479 g/mol. The summed E-state index contributed by atoms with van der Waals surface area (Å²) < 4.78 is 45.3. The first-order valence-corrected chi connectivity index (χ1v) is 13.9. The molecule has 192 valence electrons. The van der Waals surface area contributed by atoms with Crippen LogP contribution in [0.3, 0.4) is 0 Å². The van der Waals surface area contributed by atoms with Crippen LogP contribution in [0.2, 0.25) is 0 Å². The van der Waals surface area contributed by atoms with Crippen LogP contribution in [0.4, 0.5) is 8.78 Å². The predicted molar refractivity (Wildman–Crippen MR) is 131 cm³/mol. The van der Waals surface area contributed by atoms with Crippen LogP contribution in [0.25, 0.3) is 0 Å². The molecule has 2 aliphatic carbocycles. The van der Waals surface area contributed by atoms with Crippen LogP contribution in [-0.4, -0.2) is 25.9 Å². The zero-order valence-corrected chi connectivity index (χ0v) is 21.2. The number of benzene rings is 1. The summed E-state index contributed by atoms with van der Waals surface area (Å²) in [5.74, 6) is 1.81. The van der Waals surface area contributed by atoms with E-state index in [4.69, 9.17) is 14.2 Å². The van der Waals surface area contributed by atoms with Crippen LogP contribution >= 0.6 is 0 Å². The van der Waals surface area contributed by atoms with Crippen LogP contribution in [0, 0.1) is 41.2 Å². The summed E-state index contributed by atoms with van der Waals surface area (Å²) in [7, 11) is 0.